The average molecular weight is 233 g/mol. The van der Waals surface area contributed by atoms with Gasteiger partial charge in [-0.3, -0.25) is 14.9 Å². The Morgan fingerprint density at radius 3 is 2.94 bits per heavy atom. The van der Waals surface area contributed by atoms with Crippen LogP contribution < -0.4 is 5.32 Å². The van der Waals surface area contributed by atoms with E-state index in [1.54, 1.807) is 6.07 Å². The highest BCUT2D eigenvalue weighted by atomic mass is 16.6. The van der Waals surface area contributed by atoms with E-state index in [1.807, 2.05) is 6.92 Å². The summed E-state index contributed by atoms with van der Waals surface area (Å²) in [5.41, 5.74) is -0.884. The molecule has 2 atom stereocenters. The molecule has 3 rings (SSSR count). The maximum Gasteiger partial charge on any atom is 0.218 e. The molecule has 2 aliphatic rings. The van der Waals surface area contributed by atoms with Gasteiger partial charge in [-0.25, -0.2) is 0 Å². The lowest BCUT2D eigenvalue weighted by molar-refractivity contribution is 0.0827. The topological polar surface area (TPSA) is 78.9 Å². The number of Topliss-reactive ketones (excluding diaryl/α,β-unsaturated/α-hetero) is 2. The third-order valence-corrected chi connectivity index (χ3v) is 3.16. The van der Waals surface area contributed by atoms with Gasteiger partial charge in [-0.2, -0.15) is 0 Å². The number of rotatable bonds is 2. The van der Waals surface area contributed by atoms with Crippen LogP contribution >= 0.6 is 0 Å². The molecule has 5 nitrogen and oxygen atoms in total. The summed E-state index contributed by atoms with van der Waals surface area (Å²) in [5.74, 6) is -0.782. The van der Waals surface area contributed by atoms with Crippen LogP contribution in [0, 0.1) is 0 Å². The number of hydrogen-bond donors (Lipinski definition) is 2. The quantitative estimate of drug-likeness (QED) is 0.726. The summed E-state index contributed by atoms with van der Waals surface area (Å²) in [4.78, 5) is 24.2. The predicted octanol–water partition coefficient (Wildman–Crippen LogP) is 0.476. The van der Waals surface area contributed by atoms with Crippen molar-refractivity contribution >= 4 is 11.6 Å². The lowest BCUT2D eigenvalue weighted by Gasteiger charge is -2.19. The molecule has 1 fully saturated rings. The molecular weight excluding hydrogens is 222 g/mol. The molecule has 0 spiro atoms. The Balaban J connectivity index is 2.16. The molecule has 2 unspecified atom stereocenters. The Hall–Kier alpha value is -1.72. The first-order valence-corrected chi connectivity index (χ1v) is 5.45. The molecule has 17 heavy (non-hydrogen) atoms. The van der Waals surface area contributed by atoms with Gasteiger partial charge in [-0.05, 0) is 12.6 Å². The fourth-order valence-corrected chi connectivity index (χ4v) is 2.36. The number of nitrogens with one attached hydrogen (secondary N) is 1. The summed E-state index contributed by atoms with van der Waals surface area (Å²) in [6, 6.07) is 4.47. The zero-order valence-electron chi connectivity index (χ0n) is 9.19. The molecule has 0 amide bonds. The fraction of sp³-hybridized carbons (Fsp3) is 0.333. The number of phenols is 1. The van der Waals surface area contributed by atoms with Gasteiger partial charge in [0.1, 0.15) is 5.75 Å². The van der Waals surface area contributed by atoms with Crippen LogP contribution in [0.4, 0.5) is 0 Å². The average Bonchev–Trinajstić information content (AvgIpc) is 3.03. The lowest BCUT2D eigenvalue weighted by atomic mass is 9.85. The summed E-state index contributed by atoms with van der Waals surface area (Å²) < 4.78 is 5.25. The van der Waals surface area contributed by atoms with Crippen LogP contribution in [-0.4, -0.2) is 35.0 Å². The largest absolute Gasteiger partial charge is 0.507 e. The van der Waals surface area contributed by atoms with Crippen LogP contribution in [0.1, 0.15) is 27.6 Å². The lowest BCUT2D eigenvalue weighted by Crippen LogP contribution is -2.47. The number of ketones is 2. The van der Waals surface area contributed by atoms with Crippen LogP contribution in [0.15, 0.2) is 18.2 Å². The summed E-state index contributed by atoms with van der Waals surface area (Å²) in [7, 11) is 0. The molecular formula is C12H11NO4. The Kier molecular flexibility index (Phi) is 1.93. The first kappa shape index (κ1) is 10.4. The van der Waals surface area contributed by atoms with Crippen LogP contribution in [0.5, 0.6) is 5.75 Å². The van der Waals surface area contributed by atoms with Gasteiger partial charge in [0.05, 0.1) is 5.56 Å². The number of aromatic hydroxyl groups is 1. The predicted molar refractivity (Wildman–Crippen MR) is 58.0 cm³/mol. The number of carbonyl (C=O) groups excluding carboxylic acids is 2. The van der Waals surface area contributed by atoms with E-state index in [0.29, 0.717) is 6.54 Å². The molecule has 0 aromatic heterocycles. The van der Waals surface area contributed by atoms with Gasteiger partial charge in [0.25, 0.3) is 0 Å². The zero-order chi connectivity index (χ0) is 12.2. The molecule has 1 saturated heterocycles. The van der Waals surface area contributed by atoms with Crippen molar-refractivity contribution in [1.82, 2.24) is 5.32 Å². The molecule has 1 aromatic rings. The maximum atomic E-state index is 12.2. The van der Waals surface area contributed by atoms with Crippen LogP contribution in [0.25, 0.3) is 0 Å². The second-order valence-electron chi connectivity index (χ2n) is 4.16. The van der Waals surface area contributed by atoms with Crippen molar-refractivity contribution in [2.24, 2.45) is 0 Å². The van der Waals surface area contributed by atoms with Crippen molar-refractivity contribution < 1.29 is 19.4 Å². The summed E-state index contributed by atoms with van der Waals surface area (Å²) in [6.07, 6.45) is -0.796. The Labute approximate surface area is 97.4 Å². The minimum atomic E-state index is -1.19. The third-order valence-electron chi connectivity index (χ3n) is 3.16. The van der Waals surface area contributed by atoms with E-state index in [-0.39, 0.29) is 28.4 Å². The van der Waals surface area contributed by atoms with Gasteiger partial charge in [0.15, 0.2) is 6.10 Å². The Bertz CT molecular complexity index is 539. The van der Waals surface area contributed by atoms with Gasteiger partial charge in [0, 0.05) is 5.56 Å². The second-order valence-corrected chi connectivity index (χ2v) is 4.16. The third kappa shape index (κ3) is 1.15. The van der Waals surface area contributed by atoms with Crippen LogP contribution in [0.3, 0.4) is 0 Å². The van der Waals surface area contributed by atoms with Crippen molar-refractivity contribution in [1.29, 1.82) is 0 Å². The Morgan fingerprint density at radius 1 is 1.47 bits per heavy atom. The highest BCUT2D eigenvalue weighted by Gasteiger charge is 2.69. The maximum absolute atomic E-state index is 12.2. The van der Waals surface area contributed by atoms with E-state index in [2.05, 4.69) is 5.32 Å². The number of fused-ring (bicyclic) bond motifs is 2. The zero-order valence-corrected chi connectivity index (χ0v) is 9.19. The van der Waals surface area contributed by atoms with E-state index in [4.69, 9.17) is 4.74 Å². The highest BCUT2D eigenvalue weighted by molar-refractivity contribution is 6.23. The molecule has 1 aromatic carbocycles. The van der Waals surface area contributed by atoms with Crippen molar-refractivity contribution in [3.05, 3.63) is 29.3 Å². The van der Waals surface area contributed by atoms with E-state index < -0.39 is 11.8 Å². The number of carbonyl (C=O) groups is 2. The molecule has 0 saturated carbocycles. The first-order valence-electron chi connectivity index (χ1n) is 5.45. The van der Waals surface area contributed by atoms with E-state index in [9.17, 15) is 14.7 Å². The SMILES string of the molecule is CCNC12OC1C(=O)c1c(O)cccc1C2=O. The molecule has 5 heteroatoms. The van der Waals surface area contributed by atoms with E-state index in [0.717, 1.165) is 0 Å². The van der Waals surface area contributed by atoms with Crippen LogP contribution in [-0.2, 0) is 4.74 Å². The van der Waals surface area contributed by atoms with Gasteiger partial charge in [0.2, 0.25) is 17.3 Å². The minimum absolute atomic E-state index is 0.0773. The molecule has 1 aliphatic carbocycles. The second kappa shape index (κ2) is 3.15. The Morgan fingerprint density at radius 2 is 2.24 bits per heavy atom. The van der Waals surface area contributed by atoms with Gasteiger partial charge >= 0.3 is 0 Å². The van der Waals surface area contributed by atoms with Crippen molar-refractivity contribution in [3.8, 4) is 5.75 Å². The number of ether oxygens (including phenoxy) is 1. The smallest absolute Gasteiger partial charge is 0.218 e. The standard InChI is InChI=1S/C12H11NO4/c1-2-13-12-10(16)6-4-3-5-7(14)8(6)9(15)11(12)17-12/h3-5,11,13-14H,2H2,1H3. The normalized spacial score (nSPS) is 29.8. The highest BCUT2D eigenvalue weighted by Crippen LogP contribution is 2.45. The van der Waals surface area contributed by atoms with E-state index >= 15 is 0 Å². The monoisotopic (exact) mass is 233 g/mol. The number of likely N-dealkylation sites (N-methyl/N-ethyl adjacent to an activating group) is 1. The number of hydrogen-bond acceptors (Lipinski definition) is 5. The minimum Gasteiger partial charge on any atom is -0.507 e. The van der Waals surface area contributed by atoms with Crippen LogP contribution in [0.2, 0.25) is 0 Å². The molecule has 0 radical (unpaired) electrons. The van der Waals surface area contributed by atoms with E-state index in [1.165, 1.54) is 12.1 Å². The van der Waals surface area contributed by atoms with Gasteiger partial charge in [-0.1, -0.05) is 19.1 Å². The number of phenolic OH excluding ortho intramolecular Hbond substituents is 1. The van der Waals surface area contributed by atoms with Crippen molar-refractivity contribution in [2.45, 2.75) is 18.8 Å². The molecule has 88 valence electrons. The molecule has 2 N–H and O–H groups in total. The first-order chi connectivity index (χ1) is 8.12. The molecule has 0 bridgehead atoms. The molecule has 1 heterocycles. The number of benzene rings is 1. The summed E-state index contributed by atoms with van der Waals surface area (Å²) in [6.45, 7) is 2.37. The summed E-state index contributed by atoms with van der Waals surface area (Å²) >= 11 is 0. The van der Waals surface area contributed by atoms with Crippen molar-refractivity contribution in [3.63, 3.8) is 0 Å². The van der Waals surface area contributed by atoms with Crippen molar-refractivity contribution in [2.75, 3.05) is 6.54 Å². The van der Waals surface area contributed by atoms with Gasteiger partial charge in [-0.15, -0.1) is 0 Å². The number of epoxide rings is 1. The van der Waals surface area contributed by atoms with Gasteiger partial charge < -0.3 is 9.84 Å². The molecule has 1 aliphatic heterocycles. The summed E-state index contributed by atoms with van der Waals surface area (Å²) in [5, 5.41) is 12.5. The fourth-order valence-electron chi connectivity index (χ4n) is 2.36.